The number of β-lactam (4-membered cyclic amide) rings is 1. The van der Waals surface area contributed by atoms with Crippen LogP contribution in [0.5, 0.6) is 0 Å². The molecular weight excluding hydrogens is 444 g/mol. The van der Waals surface area contributed by atoms with Gasteiger partial charge in [0.25, 0.3) is 5.91 Å². The number of rotatable bonds is 6. The maximum atomic E-state index is 12.6. The molecule has 4 heterocycles. The molecule has 4 rings (SSSR count). The number of carbonyl (C=O) groups excluding carboxylic acids is 5. The van der Waals surface area contributed by atoms with Gasteiger partial charge in [-0.1, -0.05) is 0 Å². The number of nitrogens with zero attached hydrogens (tertiary/aromatic N) is 2. The Balaban J connectivity index is 1.38. The summed E-state index contributed by atoms with van der Waals surface area (Å²) in [4.78, 5) is 65.0. The van der Waals surface area contributed by atoms with Crippen molar-refractivity contribution in [3.8, 4) is 0 Å². The predicted octanol–water partition coefficient (Wildman–Crippen LogP) is -0.279. The van der Waals surface area contributed by atoms with E-state index in [1.807, 2.05) is 0 Å². The number of thioether (sulfide) groups is 1. The van der Waals surface area contributed by atoms with Crippen LogP contribution >= 0.6 is 34.7 Å². The number of halogens is 1. The van der Waals surface area contributed by atoms with E-state index < -0.39 is 40.8 Å². The lowest BCUT2D eigenvalue weighted by molar-refractivity contribution is -0.199. The van der Waals surface area contributed by atoms with E-state index in [-0.39, 0.29) is 24.6 Å². The first-order valence-electron chi connectivity index (χ1n) is 8.60. The summed E-state index contributed by atoms with van der Waals surface area (Å²) in [5.74, 6) is -1.91. The maximum absolute atomic E-state index is 12.6. The first-order valence-corrected chi connectivity index (χ1v) is 11.1. The number of alkyl halides is 1. The first-order chi connectivity index (χ1) is 13.9. The van der Waals surface area contributed by atoms with Gasteiger partial charge in [-0.2, -0.15) is 0 Å². The normalized spacial score (nSPS) is 30.0. The molecule has 3 aliphatic rings. The van der Waals surface area contributed by atoms with Gasteiger partial charge >= 0.3 is 5.97 Å². The van der Waals surface area contributed by atoms with E-state index in [1.54, 1.807) is 5.38 Å². The van der Waals surface area contributed by atoms with E-state index in [1.165, 1.54) is 16.7 Å². The smallest absolute Gasteiger partial charge is 0.308 e. The quantitative estimate of drug-likeness (QED) is 0.257. The maximum Gasteiger partial charge on any atom is 0.308 e. The minimum Gasteiger partial charge on any atom is -0.431 e. The summed E-state index contributed by atoms with van der Waals surface area (Å²) in [5, 5.41) is 6.62. The van der Waals surface area contributed by atoms with Crippen molar-refractivity contribution in [1.82, 2.24) is 15.2 Å². The van der Waals surface area contributed by atoms with E-state index in [2.05, 4.69) is 15.6 Å². The fourth-order valence-corrected chi connectivity index (χ4v) is 5.97. The summed E-state index contributed by atoms with van der Waals surface area (Å²) in [6.07, 6.45) is 0.522. The number of hydrogen-bond donors (Lipinski definition) is 2. The highest BCUT2D eigenvalue weighted by atomic mass is 35.5. The van der Waals surface area contributed by atoms with Crippen LogP contribution in [0.3, 0.4) is 0 Å². The number of aldehydes is 1. The Morgan fingerprint density at radius 3 is 2.93 bits per heavy atom. The second kappa shape index (κ2) is 7.58. The summed E-state index contributed by atoms with van der Waals surface area (Å²) < 4.78 is 5.22. The number of fused-ring (bicyclic) bond motifs is 3. The lowest BCUT2D eigenvalue weighted by Gasteiger charge is -2.56. The average Bonchev–Trinajstić information content (AvgIpc) is 3.27. The molecule has 2 N–H and O–H groups in total. The van der Waals surface area contributed by atoms with Gasteiger partial charge in [0.15, 0.2) is 11.4 Å². The molecule has 0 spiro atoms. The Bertz CT molecular complexity index is 910. The van der Waals surface area contributed by atoms with Crippen molar-refractivity contribution < 1.29 is 28.7 Å². The van der Waals surface area contributed by atoms with Gasteiger partial charge in [-0.05, 0) is 0 Å². The highest BCUT2D eigenvalue weighted by molar-refractivity contribution is 8.00. The van der Waals surface area contributed by atoms with Crippen LogP contribution in [-0.2, 0) is 35.1 Å². The van der Waals surface area contributed by atoms with Gasteiger partial charge in [-0.25, -0.2) is 4.98 Å². The lowest BCUT2D eigenvalue weighted by Crippen LogP contribution is -2.79. The van der Waals surface area contributed by atoms with Crippen molar-refractivity contribution in [3.63, 3.8) is 0 Å². The molecule has 29 heavy (non-hydrogen) atoms. The van der Waals surface area contributed by atoms with Crippen molar-refractivity contribution in [2.24, 2.45) is 5.92 Å². The van der Waals surface area contributed by atoms with E-state index in [9.17, 15) is 24.0 Å². The molecule has 10 nitrogen and oxygen atoms in total. The van der Waals surface area contributed by atoms with Gasteiger partial charge in [0, 0.05) is 17.1 Å². The summed E-state index contributed by atoms with van der Waals surface area (Å²) in [6, 6.07) is -0.807. The van der Waals surface area contributed by atoms with Crippen LogP contribution in [0.1, 0.15) is 12.1 Å². The van der Waals surface area contributed by atoms with E-state index in [0.29, 0.717) is 22.9 Å². The molecule has 3 aliphatic heterocycles. The lowest BCUT2D eigenvalue weighted by atomic mass is 9.90. The largest absolute Gasteiger partial charge is 0.431 e. The zero-order valence-corrected chi connectivity index (χ0v) is 17.1. The number of hydrogen-bond acceptors (Lipinski definition) is 9. The summed E-state index contributed by atoms with van der Waals surface area (Å²) in [5.41, 5.74) is -1.12. The molecule has 4 unspecified atom stereocenters. The summed E-state index contributed by atoms with van der Waals surface area (Å²) in [6.45, 7) is 0. The van der Waals surface area contributed by atoms with Crippen molar-refractivity contribution in [2.45, 2.75) is 30.0 Å². The van der Waals surface area contributed by atoms with Crippen LogP contribution in [-0.4, -0.2) is 68.6 Å². The van der Waals surface area contributed by atoms with Crippen LogP contribution in [0.25, 0.3) is 0 Å². The SMILES string of the molecule is O=CC12OC(=O)CC1CSC1C(NC(=O)Cc3csc(NC(=O)CCl)n3)C(=O)N12. The Hall–Kier alpha value is -2.18. The molecule has 154 valence electrons. The van der Waals surface area contributed by atoms with Gasteiger partial charge < -0.3 is 15.4 Å². The predicted molar refractivity (Wildman–Crippen MR) is 103 cm³/mol. The summed E-state index contributed by atoms with van der Waals surface area (Å²) in [7, 11) is 0. The van der Waals surface area contributed by atoms with Crippen LogP contribution in [0.15, 0.2) is 5.38 Å². The minimum absolute atomic E-state index is 0.0785. The average molecular weight is 459 g/mol. The van der Waals surface area contributed by atoms with Crippen LogP contribution in [0.4, 0.5) is 5.13 Å². The molecule has 4 atom stereocenters. The fourth-order valence-electron chi connectivity index (χ4n) is 3.60. The van der Waals surface area contributed by atoms with E-state index >= 15 is 0 Å². The molecular formula is C16H15ClN4O6S2. The van der Waals surface area contributed by atoms with Gasteiger partial charge in [-0.15, -0.1) is 34.7 Å². The Morgan fingerprint density at radius 1 is 1.41 bits per heavy atom. The second-order valence-electron chi connectivity index (χ2n) is 6.72. The molecule has 13 heteroatoms. The number of thiazole rings is 1. The number of nitrogens with one attached hydrogen (secondary N) is 2. The summed E-state index contributed by atoms with van der Waals surface area (Å²) >= 11 is 7.98. The number of anilines is 1. The molecule has 3 fully saturated rings. The third-order valence-electron chi connectivity index (χ3n) is 4.91. The monoisotopic (exact) mass is 458 g/mol. The van der Waals surface area contributed by atoms with Gasteiger partial charge in [0.1, 0.15) is 17.3 Å². The number of amides is 3. The molecule has 3 amide bonds. The molecule has 0 aliphatic carbocycles. The van der Waals surface area contributed by atoms with E-state index in [0.717, 1.165) is 11.3 Å². The van der Waals surface area contributed by atoms with Crippen LogP contribution < -0.4 is 10.6 Å². The molecule has 0 aromatic carbocycles. The Kier molecular flexibility index (Phi) is 5.25. The number of carbonyl (C=O) groups is 5. The Labute approximate surface area is 177 Å². The highest BCUT2D eigenvalue weighted by Gasteiger charge is 2.67. The van der Waals surface area contributed by atoms with Gasteiger partial charge in [-0.3, -0.25) is 28.9 Å². The van der Waals surface area contributed by atoms with Gasteiger partial charge in [0.05, 0.1) is 18.5 Å². The third-order valence-corrected chi connectivity index (χ3v) is 7.38. The number of aromatic nitrogens is 1. The van der Waals surface area contributed by atoms with Crippen LogP contribution in [0, 0.1) is 5.92 Å². The molecule has 3 saturated heterocycles. The molecule has 0 saturated carbocycles. The topological polar surface area (TPSA) is 135 Å². The molecule has 0 bridgehead atoms. The third kappa shape index (κ3) is 3.38. The standard InChI is InChI=1S/C16H15ClN4O6S2/c17-3-10(24)20-15-18-8(5-29-15)2-9(23)19-12-13(26)21-14(12)28-4-7-1-11(25)27-16(7,21)6-22/h5-7,12,14H,1-4H2,(H,19,23)(H,18,20,24). The highest BCUT2D eigenvalue weighted by Crippen LogP contribution is 2.50. The zero-order chi connectivity index (χ0) is 20.8. The van der Waals surface area contributed by atoms with Crippen LogP contribution in [0.2, 0.25) is 0 Å². The molecule has 0 radical (unpaired) electrons. The fraction of sp³-hybridized carbons (Fsp3) is 0.500. The van der Waals surface area contributed by atoms with Crippen molar-refractivity contribution in [1.29, 1.82) is 0 Å². The minimum atomic E-state index is -1.56. The second-order valence-corrected chi connectivity index (χ2v) is 9.00. The van der Waals surface area contributed by atoms with Crippen molar-refractivity contribution >= 4 is 69.8 Å². The van der Waals surface area contributed by atoms with E-state index in [4.69, 9.17) is 16.3 Å². The number of ether oxygens (including phenoxy) is 1. The molecule has 1 aromatic heterocycles. The van der Waals surface area contributed by atoms with Crippen molar-refractivity contribution in [3.05, 3.63) is 11.1 Å². The van der Waals surface area contributed by atoms with Crippen molar-refractivity contribution in [2.75, 3.05) is 16.9 Å². The Morgan fingerprint density at radius 2 is 2.21 bits per heavy atom. The molecule has 1 aromatic rings. The number of esters is 1. The zero-order valence-electron chi connectivity index (χ0n) is 14.8. The first kappa shape index (κ1) is 20.1. The van der Waals surface area contributed by atoms with Gasteiger partial charge in [0.2, 0.25) is 17.5 Å².